The highest BCUT2D eigenvalue weighted by Crippen LogP contribution is 2.40. The summed E-state index contributed by atoms with van der Waals surface area (Å²) in [5.74, 6) is 1.82. The van der Waals surface area contributed by atoms with Crippen LogP contribution in [0.25, 0.3) is 122 Å². The monoisotopic (exact) mass is 789 g/mol. The van der Waals surface area contributed by atoms with Gasteiger partial charge in [-0.2, -0.15) is 0 Å². The van der Waals surface area contributed by atoms with Crippen molar-refractivity contribution in [3.05, 3.63) is 213 Å². The molecule has 12 rings (SSSR count). The van der Waals surface area contributed by atoms with Crippen molar-refractivity contribution in [1.29, 1.82) is 0 Å². The molecule has 0 amide bonds. The fourth-order valence-corrected chi connectivity index (χ4v) is 8.98. The van der Waals surface area contributed by atoms with Crippen LogP contribution in [0.1, 0.15) is 0 Å². The maximum absolute atomic E-state index is 5.42. The minimum atomic E-state index is 0.584. The lowest BCUT2D eigenvalue weighted by Gasteiger charge is -2.15. The summed E-state index contributed by atoms with van der Waals surface area (Å²) in [5, 5.41) is 10.3. The first kappa shape index (κ1) is 35.5. The highest BCUT2D eigenvalue weighted by Gasteiger charge is 2.19. The Kier molecular flexibility index (Phi) is 8.42. The van der Waals surface area contributed by atoms with E-state index in [0.29, 0.717) is 17.5 Å². The van der Waals surface area contributed by atoms with Gasteiger partial charge in [0.1, 0.15) is 0 Å². The van der Waals surface area contributed by atoms with Gasteiger partial charge in [0.25, 0.3) is 0 Å². The molecular weight excluding hydrogens is 755 g/mol. The molecule has 0 unspecified atom stereocenters. The highest BCUT2D eigenvalue weighted by atomic mass is 15.0. The summed E-state index contributed by atoms with van der Waals surface area (Å²) in [5.41, 5.74) is 9.80. The van der Waals surface area contributed by atoms with Crippen LogP contribution in [0, 0.1) is 0 Å². The number of nitrogens with zero attached hydrogens (tertiary/aromatic N) is 5. The second-order valence-corrected chi connectivity index (χ2v) is 15.7. The van der Waals surface area contributed by atoms with Crippen LogP contribution in [0.4, 0.5) is 0 Å². The molecule has 9 aromatic carbocycles. The van der Waals surface area contributed by atoms with E-state index in [0.717, 1.165) is 88.0 Å². The molecule has 0 saturated heterocycles. The van der Waals surface area contributed by atoms with Crippen molar-refractivity contribution in [2.75, 3.05) is 0 Å². The molecule has 0 aliphatic heterocycles. The summed E-state index contributed by atoms with van der Waals surface area (Å²) in [4.78, 5) is 25.8. The first-order chi connectivity index (χ1) is 30.7. The van der Waals surface area contributed by atoms with E-state index in [1.165, 1.54) is 16.2 Å². The largest absolute Gasteiger partial charge is 0.264 e. The Balaban J connectivity index is 1.11. The van der Waals surface area contributed by atoms with E-state index in [2.05, 4.69) is 199 Å². The SMILES string of the molecule is c1ccc(-c2nc3cc(-c4cc(-c5cccnc5)cc(-c5nc(-c6cccc7ccccc67)nc(-c6cccc7ccccc67)n5)c4)ccc3c3c2ccc2ccccc23)cc1. The van der Waals surface area contributed by atoms with Crippen molar-refractivity contribution in [2.45, 2.75) is 0 Å². The van der Waals surface area contributed by atoms with Gasteiger partial charge in [-0.15, -0.1) is 0 Å². The minimum Gasteiger partial charge on any atom is -0.264 e. The van der Waals surface area contributed by atoms with Crippen LogP contribution in [0.5, 0.6) is 0 Å². The lowest BCUT2D eigenvalue weighted by Crippen LogP contribution is -2.01. The van der Waals surface area contributed by atoms with Crippen LogP contribution in [-0.2, 0) is 0 Å². The van der Waals surface area contributed by atoms with Gasteiger partial charge in [0.2, 0.25) is 0 Å². The predicted octanol–water partition coefficient (Wildman–Crippen LogP) is 14.4. The Morgan fingerprint density at radius 3 is 1.52 bits per heavy atom. The Hall–Kier alpha value is -8.41. The molecule has 62 heavy (non-hydrogen) atoms. The Morgan fingerprint density at radius 1 is 0.290 bits per heavy atom. The topological polar surface area (TPSA) is 64.5 Å². The fraction of sp³-hybridized carbons (Fsp3) is 0. The van der Waals surface area contributed by atoms with Crippen molar-refractivity contribution >= 4 is 54.0 Å². The quantitative estimate of drug-likeness (QED) is 0.157. The van der Waals surface area contributed by atoms with Gasteiger partial charge >= 0.3 is 0 Å². The van der Waals surface area contributed by atoms with Gasteiger partial charge in [0.15, 0.2) is 17.5 Å². The van der Waals surface area contributed by atoms with Crippen molar-refractivity contribution in [2.24, 2.45) is 0 Å². The molecule has 0 saturated carbocycles. The molecule has 5 heteroatoms. The number of fused-ring (bicyclic) bond motifs is 7. The van der Waals surface area contributed by atoms with Crippen molar-refractivity contribution in [3.8, 4) is 67.7 Å². The maximum atomic E-state index is 5.42. The molecular formula is C57H35N5. The summed E-state index contributed by atoms with van der Waals surface area (Å²) in [6.45, 7) is 0. The van der Waals surface area contributed by atoms with Gasteiger partial charge in [0.05, 0.1) is 11.2 Å². The van der Waals surface area contributed by atoms with Gasteiger partial charge in [-0.3, -0.25) is 4.98 Å². The third-order valence-electron chi connectivity index (χ3n) is 11.9. The van der Waals surface area contributed by atoms with Crippen LogP contribution in [-0.4, -0.2) is 24.9 Å². The number of benzene rings is 9. The predicted molar refractivity (Wildman–Crippen MR) is 256 cm³/mol. The Bertz CT molecular complexity index is 3590. The molecule has 5 nitrogen and oxygen atoms in total. The lowest BCUT2D eigenvalue weighted by molar-refractivity contribution is 1.08. The number of hydrogen-bond acceptors (Lipinski definition) is 5. The molecule has 3 heterocycles. The lowest BCUT2D eigenvalue weighted by atomic mass is 9.92. The molecule has 0 aliphatic rings. The zero-order chi connectivity index (χ0) is 41.0. The minimum absolute atomic E-state index is 0.584. The van der Waals surface area contributed by atoms with E-state index >= 15 is 0 Å². The molecule has 0 bridgehead atoms. The standard InChI is InChI=1S/C57H35N5/c1-2-16-39(17-3-1)54-51-29-26-38-15-6-9-23-47(38)53(51)50-28-27-40(34-52(50)59-54)42-31-43(41-20-12-30-58-35-41)33-44(32-42)55-60-56(48-24-10-18-36-13-4-7-21-45(36)48)62-57(61-55)49-25-11-19-37-14-5-8-22-46(37)49/h1-35H. The summed E-state index contributed by atoms with van der Waals surface area (Å²) < 4.78 is 0. The number of pyridine rings is 2. The van der Waals surface area contributed by atoms with Crippen LogP contribution in [0.2, 0.25) is 0 Å². The average molecular weight is 790 g/mol. The first-order valence-electron chi connectivity index (χ1n) is 20.8. The van der Waals surface area contributed by atoms with Crippen molar-refractivity contribution in [1.82, 2.24) is 24.9 Å². The number of aromatic nitrogens is 5. The van der Waals surface area contributed by atoms with Crippen molar-refractivity contribution in [3.63, 3.8) is 0 Å². The Morgan fingerprint density at radius 2 is 0.839 bits per heavy atom. The van der Waals surface area contributed by atoms with Gasteiger partial charge in [-0.1, -0.05) is 170 Å². The fourth-order valence-electron chi connectivity index (χ4n) is 8.98. The Labute approximate surface area is 357 Å². The van der Waals surface area contributed by atoms with Gasteiger partial charge in [0, 0.05) is 56.4 Å². The van der Waals surface area contributed by atoms with Crippen molar-refractivity contribution < 1.29 is 0 Å². The molecule has 3 aromatic heterocycles. The highest BCUT2D eigenvalue weighted by molar-refractivity contribution is 6.22. The summed E-state index contributed by atoms with van der Waals surface area (Å²) in [6, 6.07) is 70.3. The van der Waals surface area contributed by atoms with Crippen LogP contribution >= 0.6 is 0 Å². The van der Waals surface area contributed by atoms with E-state index in [4.69, 9.17) is 19.9 Å². The normalized spacial score (nSPS) is 11.5. The molecule has 0 radical (unpaired) electrons. The maximum Gasteiger partial charge on any atom is 0.164 e. The zero-order valence-corrected chi connectivity index (χ0v) is 33.4. The van der Waals surface area contributed by atoms with E-state index in [-0.39, 0.29) is 0 Å². The molecule has 0 aliphatic carbocycles. The second-order valence-electron chi connectivity index (χ2n) is 15.7. The molecule has 0 atom stereocenters. The summed E-state index contributed by atoms with van der Waals surface area (Å²) in [6.07, 6.45) is 3.71. The average Bonchev–Trinajstić information content (AvgIpc) is 3.35. The van der Waals surface area contributed by atoms with Crippen LogP contribution in [0.15, 0.2) is 213 Å². The first-order valence-corrected chi connectivity index (χ1v) is 20.8. The third-order valence-corrected chi connectivity index (χ3v) is 11.9. The number of rotatable bonds is 6. The van der Waals surface area contributed by atoms with Gasteiger partial charge in [-0.05, 0) is 79.3 Å². The zero-order valence-electron chi connectivity index (χ0n) is 33.4. The smallest absolute Gasteiger partial charge is 0.164 e. The van der Waals surface area contributed by atoms with E-state index in [9.17, 15) is 0 Å². The second kappa shape index (κ2) is 14.7. The number of hydrogen-bond donors (Lipinski definition) is 0. The van der Waals surface area contributed by atoms with Crippen LogP contribution in [0.3, 0.4) is 0 Å². The van der Waals surface area contributed by atoms with Gasteiger partial charge < -0.3 is 0 Å². The molecule has 12 aromatic rings. The summed E-state index contributed by atoms with van der Waals surface area (Å²) >= 11 is 0. The van der Waals surface area contributed by atoms with Gasteiger partial charge in [-0.25, -0.2) is 19.9 Å². The van der Waals surface area contributed by atoms with E-state index < -0.39 is 0 Å². The third kappa shape index (κ3) is 6.14. The molecule has 0 N–H and O–H groups in total. The molecule has 288 valence electrons. The van der Waals surface area contributed by atoms with Crippen LogP contribution < -0.4 is 0 Å². The molecule has 0 fully saturated rings. The van der Waals surface area contributed by atoms with E-state index in [1.807, 2.05) is 12.3 Å². The van der Waals surface area contributed by atoms with E-state index in [1.54, 1.807) is 6.20 Å². The molecule has 0 spiro atoms. The summed E-state index contributed by atoms with van der Waals surface area (Å²) in [7, 11) is 0.